The zero-order valence-corrected chi connectivity index (χ0v) is 19.3. The fraction of sp³-hybridized carbons (Fsp3) is 1.00. The molecule has 0 bridgehead atoms. The molecule has 0 rings (SSSR count). The highest BCUT2D eigenvalue weighted by Crippen LogP contribution is 2.04. The van der Waals surface area contributed by atoms with Crippen molar-refractivity contribution >= 4 is 0 Å². The molecule has 29 heavy (non-hydrogen) atoms. The van der Waals surface area contributed by atoms with Crippen molar-refractivity contribution in [1.29, 1.82) is 0 Å². The van der Waals surface area contributed by atoms with Crippen LogP contribution in [0.4, 0.5) is 0 Å². The summed E-state index contributed by atoms with van der Waals surface area (Å²) in [7, 11) is 4.06. The summed E-state index contributed by atoms with van der Waals surface area (Å²) in [6.45, 7) is 10.8. The lowest BCUT2D eigenvalue weighted by molar-refractivity contribution is -0.0172. The van der Waals surface area contributed by atoms with Gasteiger partial charge in [0.1, 0.15) is 0 Å². The Morgan fingerprint density at radius 2 is 0.759 bits per heavy atom. The SMILES string of the molecule is CCCCCCCCOCCOCCOCCOCCOCCOCCN(C)C. The standard InChI is InChI=1S/C22H47NO6/c1-4-5-6-7-8-9-11-24-13-15-26-17-19-28-21-22-29-20-18-27-16-14-25-12-10-23(2)3/h4-22H2,1-3H3. The van der Waals surface area contributed by atoms with Crippen molar-refractivity contribution in [3.8, 4) is 0 Å². The van der Waals surface area contributed by atoms with Gasteiger partial charge in [0.15, 0.2) is 0 Å². The van der Waals surface area contributed by atoms with Crippen molar-refractivity contribution in [3.63, 3.8) is 0 Å². The molecule has 0 fully saturated rings. The van der Waals surface area contributed by atoms with Gasteiger partial charge in [0.05, 0.1) is 72.7 Å². The third kappa shape index (κ3) is 27.7. The number of hydrogen-bond donors (Lipinski definition) is 0. The van der Waals surface area contributed by atoms with Gasteiger partial charge >= 0.3 is 0 Å². The molecule has 0 unspecified atom stereocenters. The average molecular weight is 422 g/mol. The van der Waals surface area contributed by atoms with E-state index in [9.17, 15) is 0 Å². The number of unbranched alkanes of at least 4 members (excludes halogenated alkanes) is 5. The Morgan fingerprint density at radius 1 is 0.414 bits per heavy atom. The molecule has 0 spiro atoms. The van der Waals surface area contributed by atoms with E-state index in [0.717, 1.165) is 26.2 Å². The van der Waals surface area contributed by atoms with Crippen molar-refractivity contribution in [2.24, 2.45) is 0 Å². The Labute approximate surface area is 179 Å². The largest absolute Gasteiger partial charge is 0.379 e. The van der Waals surface area contributed by atoms with E-state index in [2.05, 4.69) is 11.8 Å². The Kier molecular flexibility index (Phi) is 25.5. The van der Waals surface area contributed by atoms with Crippen LogP contribution < -0.4 is 0 Å². The summed E-state index contributed by atoms with van der Waals surface area (Å²) in [6, 6.07) is 0. The second-order valence-electron chi connectivity index (χ2n) is 7.25. The van der Waals surface area contributed by atoms with Crippen LogP contribution >= 0.6 is 0 Å². The Morgan fingerprint density at radius 3 is 1.17 bits per heavy atom. The number of ether oxygens (including phenoxy) is 6. The second-order valence-corrected chi connectivity index (χ2v) is 7.25. The number of hydrogen-bond acceptors (Lipinski definition) is 7. The lowest BCUT2D eigenvalue weighted by Crippen LogP contribution is -2.19. The minimum absolute atomic E-state index is 0.573. The van der Waals surface area contributed by atoms with E-state index >= 15 is 0 Å². The molecule has 0 aliphatic rings. The maximum absolute atomic E-state index is 5.56. The van der Waals surface area contributed by atoms with Gasteiger partial charge in [0.2, 0.25) is 0 Å². The maximum Gasteiger partial charge on any atom is 0.0701 e. The second kappa shape index (κ2) is 25.8. The summed E-state index contributed by atoms with van der Waals surface area (Å²) in [5.74, 6) is 0. The van der Waals surface area contributed by atoms with Crippen LogP contribution in [0.1, 0.15) is 45.4 Å². The fourth-order valence-electron chi connectivity index (χ4n) is 2.43. The topological polar surface area (TPSA) is 58.6 Å². The first-order valence-corrected chi connectivity index (χ1v) is 11.4. The van der Waals surface area contributed by atoms with E-state index < -0.39 is 0 Å². The molecule has 0 atom stereocenters. The van der Waals surface area contributed by atoms with Crippen molar-refractivity contribution in [3.05, 3.63) is 0 Å². The van der Waals surface area contributed by atoms with Crippen LogP contribution in [-0.2, 0) is 28.4 Å². The molecule has 0 heterocycles. The van der Waals surface area contributed by atoms with Crippen molar-refractivity contribution in [2.75, 3.05) is 99.9 Å². The van der Waals surface area contributed by atoms with E-state index in [1.165, 1.54) is 32.1 Å². The van der Waals surface area contributed by atoms with Gasteiger partial charge in [-0.15, -0.1) is 0 Å². The zero-order chi connectivity index (χ0) is 21.3. The lowest BCUT2D eigenvalue weighted by atomic mass is 10.1. The smallest absolute Gasteiger partial charge is 0.0701 e. The van der Waals surface area contributed by atoms with Crippen LogP contribution in [0.15, 0.2) is 0 Å². The zero-order valence-electron chi connectivity index (χ0n) is 19.3. The van der Waals surface area contributed by atoms with Gasteiger partial charge < -0.3 is 33.3 Å². The molecular formula is C22H47NO6. The molecule has 0 aromatic carbocycles. The van der Waals surface area contributed by atoms with Gasteiger partial charge in [-0.2, -0.15) is 0 Å². The maximum atomic E-state index is 5.56. The van der Waals surface area contributed by atoms with Crippen molar-refractivity contribution < 1.29 is 28.4 Å². The molecular weight excluding hydrogens is 374 g/mol. The summed E-state index contributed by atoms with van der Waals surface area (Å²) in [4.78, 5) is 2.09. The highest BCUT2D eigenvalue weighted by molar-refractivity contribution is 4.44. The summed E-state index contributed by atoms with van der Waals surface area (Å²) >= 11 is 0. The molecule has 0 aromatic heterocycles. The van der Waals surface area contributed by atoms with Gasteiger partial charge in [-0.1, -0.05) is 39.0 Å². The molecule has 0 aromatic rings. The van der Waals surface area contributed by atoms with Crippen LogP contribution in [0.5, 0.6) is 0 Å². The number of likely N-dealkylation sites (N-methyl/N-ethyl adjacent to an activating group) is 1. The minimum atomic E-state index is 0.573. The molecule has 0 amide bonds. The third-order valence-electron chi connectivity index (χ3n) is 4.19. The molecule has 0 saturated carbocycles. The molecule has 0 aliphatic heterocycles. The monoisotopic (exact) mass is 421 g/mol. The highest BCUT2D eigenvalue weighted by Gasteiger charge is 1.95. The molecule has 0 radical (unpaired) electrons. The summed E-state index contributed by atoms with van der Waals surface area (Å²) < 4.78 is 32.8. The number of nitrogens with zero attached hydrogens (tertiary/aromatic N) is 1. The van der Waals surface area contributed by atoms with E-state index in [0.29, 0.717) is 66.1 Å². The first kappa shape index (κ1) is 28.7. The van der Waals surface area contributed by atoms with Gasteiger partial charge in [-0.25, -0.2) is 0 Å². The predicted molar refractivity (Wildman–Crippen MR) is 117 cm³/mol. The fourth-order valence-corrected chi connectivity index (χ4v) is 2.43. The quantitative estimate of drug-likeness (QED) is 0.210. The molecule has 7 heteroatoms. The molecule has 0 saturated heterocycles. The Hall–Kier alpha value is -0.280. The van der Waals surface area contributed by atoms with Gasteiger partial charge in [0.25, 0.3) is 0 Å². The Balaban J connectivity index is 2.98. The van der Waals surface area contributed by atoms with E-state index in [1.54, 1.807) is 0 Å². The van der Waals surface area contributed by atoms with Gasteiger partial charge in [-0.05, 0) is 20.5 Å². The molecule has 0 aliphatic carbocycles. The van der Waals surface area contributed by atoms with E-state index in [-0.39, 0.29) is 0 Å². The first-order valence-electron chi connectivity index (χ1n) is 11.4. The molecule has 0 N–H and O–H groups in total. The van der Waals surface area contributed by atoms with E-state index in [4.69, 9.17) is 28.4 Å². The summed E-state index contributed by atoms with van der Waals surface area (Å²) in [5.41, 5.74) is 0. The summed E-state index contributed by atoms with van der Waals surface area (Å²) in [6.07, 6.45) is 7.76. The predicted octanol–water partition coefficient (Wildman–Crippen LogP) is 3.01. The van der Waals surface area contributed by atoms with Crippen LogP contribution in [0.2, 0.25) is 0 Å². The van der Waals surface area contributed by atoms with Crippen LogP contribution in [-0.4, -0.2) is 105 Å². The molecule has 176 valence electrons. The highest BCUT2D eigenvalue weighted by atomic mass is 16.6. The summed E-state index contributed by atoms with van der Waals surface area (Å²) in [5, 5.41) is 0. The van der Waals surface area contributed by atoms with Crippen LogP contribution in [0, 0.1) is 0 Å². The average Bonchev–Trinajstić information content (AvgIpc) is 2.71. The minimum Gasteiger partial charge on any atom is -0.379 e. The number of rotatable bonds is 25. The third-order valence-corrected chi connectivity index (χ3v) is 4.19. The normalized spacial score (nSPS) is 11.6. The van der Waals surface area contributed by atoms with Crippen LogP contribution in [0.3, 0.4) is 0 Å². The van der Waals surface area contributed by atoms with Crippen LogP contribution in [0.25, 0.3) is 0 Å². The lowest BCUT2D eigenvalue weighted by Gasteiger charge is -2.10. The van der Waals surface area contributed by atoms with Gasteiger partial charge in [-0.3, -0.25) is 0 Å². The van der Waals surface area contributed by atoms with Crippen molar-refractivity contribution in [2.45, 2.75) is 45.4 Å². The first-order chi connectivity index (χ1) is 14.3. The van der Waals surface area contributed by atoms with E-state index in [1.807, 2.05) is 14.1 Å². The Bertz CT molecular complexity index is 294. The van der Waals surface area contributed by atoms with Gasteiger partial charge in [0, 0.05) is 13.2 Å². The molecule has 7 nitrogen and oxygen atoms in total. The van der Waals surface area contributed by atoms with Crippen molar-refractivity contribution in [1.82, 2.24) is 4.90 Å².